The molecule has 0 aliphatic heterocycles. The minimum Gasteiger partial charge on any atom is -0.354 e. The molecular formula is C14H17N3OS. The van der Waals surface area contributed by atoms with Gasteiger partial charge < -0.3 is 5.32 Å². The molecule has 1 heterocycles. The highest BCUT2D eigenvalue weighted by atomic mass is 32.2. The Kier molecular flexibility index (Phi) is 4.63. The summed E-state index contributed by atoms with van der Waals surface area (Å²) in [6, 6.07) is 11.9. The van der Waals surface area contributed by atoms with Gasteiger partial charge in [-0.1, -0.05) is 18.2 Å². The second-order valence-corrected chi connectivity index (χ2v) is 5.53. The van der Waals surface area contributed by atoms with Crippen LogP contribution in [0.15, 0.2) is 46.1 Å². The number of aromatic amines is 1. The van der Waals surface area contributed by atoms with Gasteiger partial charge in [0.15, 0.2) is 0 Å². The van der Waals surface area contributed by atoms with Crippen LogP contribution in [-0.2, 0) is 5.75 Å². The molecule has 0 unspecified atom stereocenters. The zero-order chi connectivity index (χ0) is 13.7. The zero-order valence-corrected chi connectivity index (χ0v) is 11.8. The molecule has 0 aliphatic carbocycles. The molecule has 1 aromatic carbocycles. The Labute approximate surface area is 116 Å². The molecule has 0 amide bonds. The van der Waals surface area contributed by atoms with Crippen LogP contribution >= 0.6 is 11.8 Å². The molecule has 0 saturated carbocycles. The predicted octanol–water partition coefficient (Wildman–Crippen LogP) is 2.88. The number of thioether (sulfide) groups is 1. The van der Waals surface area contributed by atoms with Crippen LogP contribution in [0, 0.1) is 0 Å². The van der Waals surface area contributed by atoms with E-state index < -0.39 is 0 Å². The molecule has 0 fully saturated rings. The first-order valence-corrected chi connectivity index (χ1v) is 7.16. The Morgan fingerprint density at radius 1 is 1.32 bits per heavy atom. The molecule has 0 spiro atoms. The molecular weight excluding hydrogens is 258 g/mol. The Morgan fingerprint density at radius 3 is 2.74 bits per heavy atom. The van der Waals surface area contributed by atoms with Gasteiger partial charge in [-0.2, -0.15) is 0 Å². The van der Waals surface area contributed by atoms with Crippen LogP contribution in [0.5, 0.6) is 0 Å². The van der Waals surface area contributed by atoms with Crippen LogP contribution in [0.1, 0.15) is 19.5 Å². The lowest BCUT2D eigenvalue weighted by Crippen LogP contribution is -2.18. The van der Waals surface area contributed by atoms with Crippen molar-refractivity contribution < 1.29 is 0 Å². The third-order valence-corrected chi connectivity index (χ3v) is 3.40. The van der Waals surface area contributed by atoms with Gasteiger partial charge in [-0.05, 0) is 26.0 Å². The van der Waals surface area contributed by atoms with E-state index in [1.165, 1.54) is 4.90 Å². The van der Waals surface area contributed by atoms with E-state index in [1.54, 1.807) is 17.8 Å². The van der Waals surface area contributed by atoms with Gasteiger partial charge >= 0.3 is 0 Å². The average molecular weight is 275 g/mol. The van der Waals surface area contributed by atoms with Gasteiger partial charge in [0.25, 0.3) is 5.56 Å². The summed E-state index contributed by atoms with van der Waals surface area (Å²) in [7, 11) is 0. The number of rotatable bonds is 5. The zero-order valence-electron chi connectivity index (χ0n) is 11.0. The summed E-state index contributed by atoms with van der Waals surface area (Å²) in [5.74, 6) is 1.21. The van der Waals surface area contributed by atoms with E-state index in [0.29, 0.717) is 11.7 Å². The maximum atomic E-state index is 11.6. The lowest BCUT2D eigenvalue weighted by molar-refractivity contribution is 0.865. The van der Waals surface area contributed by atoms with E-state index in [9.17, 15) is 4.79 Å². The fraction of sp³-hybridized carbons (Fsp3) is 0.286. The fourth-order valence-electron chi connectivity index (χ4n) is 1.60. The second-order valence-electron chi connectivity index (χ2n) is 4.49. The molecule has 5 heteroatoms. The van der Waals surface area contributed by atoms with Crippen molar-refractivity contribution in [3.8, 4) is 0 Å². The van der Waals surface area contributed by atoms with Gasteiger partial charge in [0.05, 0.1) is 5.69 Å². The molecule has 4 nitrogen and oxygen atoms in total. The van der Waals surface area contributed by atoms with Crippen molar-refractivity contribution in [2.75, 3.05) is 5.32 Å². The molecule has 2 aromatic rings. The number of hydrogen-bond acceptors (Lipinski definition) is 4. The second kappa shape index (κ2) is 6.43. The summed E-state index contributed by atoms with van der Waals surface area (Å²) in [6.45, 7) is 4.01. The lowest BCUT2D eigenvalue weighted by atomic mass is 10.4. The largest absolute Gasteiger partial charge is 0.354 e. The average Bonchev–Trinajstić information content (AvgIpc) is 2.36. The summed E-state index contributed by atoms with van der Waals surface area (Å²) in [4.78, 5) is 19.8. The van der Waals surface area contributed by atoms with Crippen LogP contribution < -0.4 is 10.9 Å². The van der Waals surface area contributed by atoms with E-state index in [0.717, 1.165) is 5.69 Å². The maximum absolute atomic E-state index is 11.6. The summed E-state index contributed by atoms with van der Waals surface area (Å²) in [5, 5.41) is 3.11. The maximum Gasteiger partial charge on any atom is 0.252 e. The van der Waals surface area contributed by atoms with E-state index in [-0.39, 0.29) is 11.6 Å². The smallest absolute Gasteiger partial charge is 0.252 e. The van der Waals surface area contributed by atoms with Gasteiger partial charge in [0.1, 0.15) is 0 Å². The molecule has 1 aromatic heterocycles. The SMILES string of the molecule is CC(C)Nc1nc(CSc2ccccc2)cc(=O)[nH]1. The number of aromatic nitrogens is 2. The predicted molar refractivity (Wildman–Crippen MR) is 79.6 cm³/mol. The number of nitrogens with zero attached hydrogens (tertiary/aromatic N) is 1. The Hall–Kier alpha value is -1.75. The Bertz CT molecular complexity index is 581. The highest BCUT2D eigenvalue weighted by Crippen LogP contribution is 2.20. The van der Waals surface area contributed by atoms with Crippen molar-refractivity contribution in [2.24, 2.45) is 0 Å². The van der Waals surface area contributed by atoms with Crippen molar-refractivity contribution in [1.29, 1.82) is 0 Å². The van der Waals surface area contributed by atoms with Crippen molar-refractivity contribution in [3.05, 3.63) is 52.4 Å². The third-order valence-electron chi connectivity index (χ3n) is 2.35. The van der Waals surface area contributed by atoms with E-state index in [2.05, 4.69) is 15.3 Å². The van der Waals surface area contributed by atoms with Gasteiger partial charge in [-0.3, -0.25) is 9.78 Å². The summed E-state index contributed by atoms with van der Waals surface area (Å²) in [6.07, 6.45) is 0. The van der Waals surface area contributed by atoms with Crippen molar-refractivity contribution >= 4 is 17.7 Å². The molecule has 19 heavy (non-hydrogen) atoms. The van der Waals surface area contributed by atoms with Crippen molar-refractivity contribution in [1.82, 2.24) is 9.97 Å². The first-order valence-electron chi connectivity index (χ1n) is 6.18. The summed E-state index contributed by atoms with van der Waals surface area (Å²) < 4.78 is 0. The quantitative estimate of drug-likeness (QED) is 0.824. The van der Waals surface area contributed by atoms with Crippen molar-refractivity contribution in [2.45, 2.75) is 30.5 Å². The molecule has 0 bridgehead atoms. The molecule has 0 aliphatic rings. The third kappa shape index (κ3) is 4.44. The monoisotopic (exact) mass is 275 g/mol. The van der Waals surface area contributed by atoms with Gasteiger partial charge in [0.2, 0.25) is 5.95 Å². The number of benzene rings is 1. The number of H-pyrrole nitrogens is 1. The molecule has 2 N–H and O–H groups in total. The highest BCUT2D eigenvalue weighted by molar-refractivity contribution is 7.98. The standard InChI is InChI=1S/C14H17N3OS/c1-10(2)15-14-16-11(8-13(18)17-14)9-19-12-6-4-3-5-7-12/h3-8,10H,9H2,1-2H3,(H2,15,16,17,18). The summed E-state index contributed by atoms with van der Waals surface area (Å²) in [5.41, 5.74) is 0.655. The minimum atomic E-state index is -0.123. The molecule has 0 radical (unpaired) electrons. The van der Waals surface area contributed by atoms with E-state index in [1.807, 2.05) is 44.2 Å². The van der Waals surface area contributed by atoms with Gasteiger partial charge in [-0.15, -0.1) is 11.8 Å². The molecule has 0 atom stereocenters. The Balaban J connectivity index is 2.08. The van der Waals surface area contributed by atoms with E-state index in [4.69, 9.17) is 0 Å². The topological polar surface area (TPSA) is 57.8 Å². The highest BCUT2D eigenvalue weighted by Gasteiger charge is 2.03. The first kappa shape index (κ1) is 13.7. The molecule has 0 saturated heterocycles. The van der Waals surface area contributed by atoms with Gasteiger partial charge in [-0.25, -0.2) is 4.98 Å². The Morgan fingerprint density at radius 2 is 2.05 bits per heavy atom. The van der Waals surface area contributed by atoms with Crippen LogP contribution in [0.3, 0.4) is 0 Å². The molecule has 100 valence electrons. The normalized spacial score (nSPS) is 10.7. The number of nitrogens with one attached hydrogen (secondary N) is 2. The van der Waals surface area contributed by atoms with Crippen molar-refractivity contribution in [3.63, 3.8) is 0 Å². The minimum absolute atomic E-state index is 0.123. The lowest BCUT2D eigenvalue weighted by Gasteiger charge is -2.09. The van der Waals surface area contributed by atoms with Gasteiger partial charge in [0, 0.05) is 22.8 Å². The molecule has 2 rings (SSSR count). The fourth-order valence-corrected chi connectivity index (χ4v) is 2.41. The number of hydrogen-bond donors (Lipinski definition) is 2. The van der Waals surface area contributed by atoms with E-state index >= 15 is 0 Å². The van der Waals surface area contributed by atoms with Crippen LogP contribution in [0.4, 0.5) is 5.95 Å². The van der Waals surface area contributed by atoms with Crippen LogP contribution in [-0.4, -0.2) is 16.0 Å². The number of anilines is 1. The summed E-state index contributed by atoms with van der Waals surface area (Å²) >= 11 is 1.67. The first-order chi connectivity index (χ1) is 9.13. The van der Waals surface area contributed by atoms with Crippen LogP contribution in [0.2, 0.25) is 0 Å². The van der Waals surface area contributed by atoms with Crippen LogP contribution in [0.25, 0.3) is 0 Å².